The molecule has 2 heterocycles. The minimum Gasteiger partial charge on any atom is -0.470 e. The van der Waals surface area contributed by atoms with Crippen molar-refractivity contribution in [3.63, 3.8) is 0 Å². The van der Waals surface area contributed by atoms with Gasteiger partial charge in [0.15, 0.2) is 0 Å². The largest absolute Gasteiger partial charge is 0.470 e. The summed E-state index contributed by atoms with van der Waals surface area (Å²) in [6.45, 7) is 1.83. The quantitative estimate of drug-likeness (QED) is 0.943. The molecule has 1 N–H and O–H groups in total. The zero-order valence-corrected chi connectivity index (χ0v) is 12.6. The lowest BCUT2D eigenvalue weighted by Crippen LogP contribution is -2.34. The highest BCUT2D eigenvalue weighted by Crippen LogP contribution is 2.28. The van der Waals surface area contributed by atoms with E-state index in [1.54, 1.807) is 18.3 Å². The SMILES string of the molecule is Fc1cc([C@@H]2OCCNC[C@@H]2Oc2ccccn2)ccc1Cl. The van der Waals surface area contributed by atoms with Crippen LogP contribution in [0.25, 0.3) is 0 Å². The first kappa shape index (κ1) is 15.2. The van der Waals surface area contributed by atoms with Gasteiger partial charge in [-0.05, 0) is 23.8 Å². The van der Waals surface area contributed by atoms with Gasteiger partial charge in [0, 0.05) is 25.4 Å². The van der Waals surface area contributed by atoms with Crippen molar-refractivity contribution in [3.05, 3.63) is 59.0 Å². The molecule has 0 radical (unpaired) electrons. The molecule has 2 atom stereocenters. The molecule has 116 valence electrons. The molecule has 1 fully saturated rings. The van der Waals surface area contributed by atoms with Crippen LogP contribution in [0.5, 0.6) is 5.88 Å². The molecule has 6 heteroatoms. The molecule has 4 nitrogen and oxygen atoms in total. The van der Waals surface area contributed by atoms with E-state index in [9.17, 15) is 4.39 Å². The first-order valence-corrected chi connectivity index (χ1v) is 7.47. The molecule has 3 rings (SSSR count). The summed E-state index contributed by atoms with van der Waals surface area (Å²) >= 11 is 5.75. The first-order chi connectivity index (χ1) is 10.7. The molecule has 1 aliphatic heterocycles. The maximum atomic E-state index is 13.7. The Bertz CT molecular complexity index is 627. The molecule has 0 aliphatic carbocycles. The number of aromatic nitrogens is 1. The Morgan fingerprint density at radius 3 is 3.00 bits per heavy atom. The number of hydrogen-bond donors (Lipinski definition) is 1. The highest BCUT2D eigenvalue weighted by atomic mass is 35.5. The Hall–Kier alpha value is -1.69. The second-order valence-electron chi connectivity index (χ2n) is 4.99. The van der Waals surface area contributed by atoms with Crippen molar-refractivity contribution < 1.29 is 13.9 Å². The molecule has 1 aromatic heterocycles. The Morgan fingerprint density at radius 2 is 2.23 bits per heavy atom. The van der Waals surface area contributed by atoms with Gasteiger partial charge in [0.25, 0.3) is 0 Å². The van der Waals surface area contributed by atoms with Gasteiger partial charge in [-0.2, -0.15) is 0 Å². The normalized spacial score (nSPS) is 22.1. The molecule has 0 amide bonds. The number of hydrogen-bond acceptors (Lipinski definition) is 4. The van der Waals surface area contributed by atoms with Gasteiger partial charge in [-0.15, -0.1) is 0 Å². The number of benzene rings is 1. The third kappa shape index (κ3) is 3.55. The highest BCUT2D eigenvalue weighted by molar-refractivity contribution is 6.30. The lowest BCUT2D eigenvalue weighted by molar-refractivity contribution is -0.0102. The second-order valence-corrected chi connectivity index (χ2v) is 5.40. The zero-order valence-electron chi connectivity index (χ0n) is 11.8. The van der Waals surface area contributed by atoms with Gasteiger partial charge in [0.05, 0.1) is 11.6 Å². The Kier molecular flexibility index (Phi) is 4.87. The van der Waals surface area contributed by atoms with Crippen LogP contribution in [0.4, 0.5) is 4.39 Å². The van der Waals surface area contributed by atoms with E-state index in [4.69, 9.17) is 21.1 Å². The molecular formula is C16H16ClFN2O2. The van der Waals surface area contributed by atoms with Crippen molar-refractivity contribution in [2.45, 2.75) is 12.2 Å². The van der Waals surface area contributed by atoms with Gasteiger partial charge in [0.1, 0.15) is 18.0 Å². The molecular weight excluding hydrogens is 307 g/mol. The van der Waals surface area contributed by atoms with Crippen LogP contribution in [-0.4, -0.2) is 30.8 Å². The van der Waals surface area contributed by atoms with E-state index >= 15 is 0 Å². The maximum Gasteiger partial charge on any atom is 0.213 e. The first-order valence-electron chi connectivity index (χ1n) is 7.09. The van der Waals surface area contributed by atoms with Crippen LogP contribution in [0.1, 0.15) is 11.7 Å². The topological polar surface area (TPSA) is 43.4 Å². The van der Waals surface area contributed by atoms with E-state index < -0.39 is 5.82 Å². The van der Waals surface area contributed by atoms with Crippen molar-refractivity contribution in [1.82, 2.24) is 10.3 Å². The van der Waals surface area contributed by atoms with Crippen molar-refractivity contribution >= 4 is 11.6 Å². The summed E-state index contributed by atoms with van der Waals surface area (Å²) in [7, 11) is 0. The number of pyridine rings is 1. The fraction of sp³-hybridized carbons (Fsp3) is 0.312. The van der Waals surface area contributed by atoms with E-state index in [-0.39, 0.29) is 17.2 Å². The molecule has 0 unspecified atom stereocenters. The van der Waals surface area contributed by atoms with Gasteiger partial charge in [0.2, 0.25) is 5.88 Å². The summed E-state index contributed by atoms with van der Waals surface area (Å²) in [5.41, 5.74) is 0.700. The molecule has 22 heavy (non-hydrogen) atoms. The van der Waals surface area contributed by atoms with Crippen LogP contribution in [0.3, 0.4) is 0 Å². The Morgan fingerprint density at radius 1 is 1.32 bits per heavy atom. The molecule has 0 spiro atoms. The van der Waals surface area contributed by atoms with E-state index in [0.717, 1.165) is 0 Å². The predicted molar refractivity (Wildman–Crippen MR) is 81.6 cm³/mol. The molecule has 1 aromatic carbocycles. The summed E-state index contributed by atoms with van der Waals surface area (Å²) in [6.07, 6.45) is 0.971. The summed E-state index contributed by atoms with van der Waals surface area (Å²) < 4.78 is 25.5. The van der Waals surface area contributed by atoms with Crippen molar-refractivity contribution in [3.8, 4) is 5.88 Å². The van der Waals surface area contributed by atoms with Crippen LogP contribution < -0.4 is 10.1 Å². The van der Waals surface area contributed by atoms with Gasteiger partial charge in [-0.1, -0.05) is 23.7 Å². The van der Waals surface area contributed by atoms with Gasteiger partial charge < -0.3 is 14.8 Å². The predicted octanol–water partition coefficient (Wildman–Crippen LogP) is 2.98. The minimum absolute atomic E-state index is 0.0951. The highest BCUT2D eigenvalue weighted by Gasteiger charge is 2.28. The molecule has 2 aromatic rings. The van der Waals surface area contributed by atoms with E-state index in [1.807, 2.05) is 12.1 Å². The van der Waals surface area contributed by atoms with Gasteiger partial charge >= 0.3 is 0 Å². The average Bonchev–Trinajstić information content (AvgIpc) is 2.77. The van der Waals surface area contributed by atoms with Crippen LogP contribution in [-0.2, 0) is 4.74 Å². The lowest BCUT2D eigenvalue weighted by atomic mass is 10.0. The third-order valence-corrected chi connectivity index (χ3v) is 3.75. The zero-order chi connectivity index (χ0) is 15.4. The summed E-state index contributed by atoms with van der Waals surface area (Å²) in [4.78, 5) is 4.16. The van der Waals surface area contributed by atoms with E-state index in [0.29, 0.717) is 31.1 Å². The van der Waals surface area contributed by atoms with Crippen LogP contribution in [0, 0.1) is 5.82 Å². The standard InChI is InChI=1S/C16H16ClFN2O2/c17-12-5-4-11(9-13(12)18)16-14(10-19-7-8-21-16)22-15-3-1-2-6-20-15/h1-6,9,14,16,19H,7-8,10H2/t14-,16-/m0/s1. The summed E-state index contributed by atoms with van der Waals surface area (Å²) in [5, 5.41) is 3.34. The number of rotatable bonds is 3. The number of nitrogens with one attached hydrogen (secondary N) is 1. The molecule has 1 aliphatic rings. The Balaban J connectivity index is 1.85. The minimum atomic E-state index is -0.462. The van der Waals surface area contributed by atoms with Crippen LogP contribution >= 0.6 is 11.6 Å². The summed E-state index contributed by atoms with van der Waals surface area (Å²) in [5.74, 6) is 0.0517. The molecule has 0 bridgehead atoms. The van der Waals surface area contributed by atoms with Crippen molar-refractivity contribution in [2.75, 3.05) is 19.7 Å². The number of ether oxygens (including phenoxy) is 2. The van der Waals surface area contributed by atoms with E-state index in [1.165, 1.54) is 12.1 Å². The maximum absolute atomic E-state index is 13.7. The van der Waals surface area contributed by atoms with E-state index in [2.05, 4.69) is 10.3 Å². The van der Waals surface area contributed by atoms with Gasteiger partial charge in [-0.3, -0.25) is 0 Å². The second kappa shape index (κ2) is 7.05. The van der Waals surface area contributed by atoms with Crippen LogP contribution in [0.2, 0.25) is 5.02 Å². The van der Waals surface area contributed by atoms with Crippen molar-refractivity contribution in [2.24, 2.45) is 0 Å². The number of nitrogens with zero attached hydrogens (tertiary/aromatic N) is 1. The fourth-order valence-electron chi connectivity index (χ4n) is 2.39. The molecule has 0 saturated carbocycles. The smallest absolute Gasteiger partial charge is 0.213 e. The van der Waals surface area contributed by atoms with Crippen molar-refractivity contribution in [1.29, 1.82) is 0 Å². The third-order valence-electron chi connectivity index (χ3n) is 3.44. The Labute approximate surface area is 133 Å². The fourth-order valence-corrected chi connectivity index (χ4v) is 2.51. The molecule has 1 saturated heterocycles. The lowest BCUT2D eigenvalue weighted by Gasteiger charge is -2.25. The monoisotopic (exact) mass is 322 g/mol. The van der Waals surface area contributed by atoms with Crippen LogP contribution in [0.15, 0.2) is 42.6 Å². The average molecular weight is 323 g/mol. The summed E-state index contributed by atoms with van der Waals surface area (Å²) in [6, 6.07) is 10.1. The number of halogens is 2. The van der Waals surface area contributed by atoms with Gasteiger partial charge in [-0.25, -0.2) is 9.37 Å².